The highest BCUT2D eigenvalue weighted by Crippen LogP contribution is 2.63. The average Bonchev–Trinajstić information content (AvgIpc) is 3.60. The molecule has 0 radical (unpaired) electrons. The van der Waals surface area contributed by atoms with Gasteiger partial charge in [0.25, 0.3) is 0 Å². The topological polar surface area (TPSA) is 9.23 Å². The molecule has 1 heterocycles. The van der Waals surface area contributed by atoms with Crippen molar-refractivity contribution in [1.29, 1.82) is 0 Å². The third-order valence-corrected chi connectivity index (χ3v) is 11.1. The Morgan fingerprint density at radius 2 is 0.660 bits per heavy atom. The summed E-state index contributed by atoms with van der Waals surface area (Å²) < 4.78 is 6.74. The maximum absolute atomic E-state index is 6.74. The normalized spacial score (nSPS) is 13.5. The lowest BCUT2D eigenvalue weighted by Gasteiger charge is -2.30. The molecule has 1 aliphatic heterocycles. The zero-order valence-electron chi connectivity index (χ0n) is 27.2. The van der Waals surface area contributed by atoms with Gasteiger partial charge in [0, 0.05) is 11.1 Å². The van der Waals surface area contributed by atoms with E-state index in [-0.39, 0.29) is 5.41 Å². The van der Waals surface area contributed by atoms with Crippen LogP contribution in [0.3, 0.4) is 0 Å². The van der Waals surface area contributed by atoms with E-state index >= 15 is 0 Å². The van der Waals surface area contributed by atoms with E-state index in [1.807, 2.05) is 0 Å². The second-order valence-electron chi connectivity index (χ2n) is 13.6. The minimum Gasteiger partial charge on any atom is -0.456 e. The van der Waals surface area contributed by atoms with Crippen molar-refractivity contribution in [3.05, 3.63) is 204 Å². The van der Waals surface area contributed by atoms with Crippen molar-refractivity contribution in [2.45, 2.75) is 5.41 Å². The standard InChI is InChI=1S/C49H30O/c1-2-12-31(13-3-1)32-23-26-47-41(28-32)35-14-4-5-15-36(35)42-29-33(24-27-48(42)50-47)34-22-25-40-39-18-8-11-21-45(39)49(46(40)30-34)43-19-9-6-16-37(43)38-17-7-10-20-44(38)49/h1-30H. The van der Waals surface area contributed by atoms with Crippen molar-refractivity contribution >= 4 is 0 Å². The third-order valence-electron chi connectivity index (χ3n) is 11.1. The molecule has 1 heteroatoms. The van der Waals surface area contributed by atoms with Crippen molar-refractivity contribution in [2.24, 2.45) is 0 Å². The summed E-state index contributed by atoms with van der Waals surface area (Å²) in [6.07, 6.45) is 0. The van der Waals surface area contributed by atoms with Gasteiger partial charge in [0.15, 0.2) is 0 Å². The molecule has 0 unspecified atom stereocenters. The molecule has 232 valence electrons. The first kappa shape index (κ1) is 27.5. The zero-order valence-corrected chi connectivity index (χ0v) is 27.2. The molecule has 0 fully saturated rings. The van der Waals surface area contributed by atoms with Gasteiger partial charge in [-0.25, -0.2) is 0 Å². The minimum absolute atomic E-state index is 0.366. The SMILES string of the molecule is c1ccc(-c2ccc3c(c2)-c2ccccc2-c2cc(-c4ccc5c(c4)C4(c6ccccc6-c6ccccc64)c4ccccc4-5)ccc2O3)cc1. The molecular formula is C49H30O. The Kier molecular flexibility index (Phi) is 5.66. The fourth-order valence-electron chi connectivity index (χ4n) is 8.99. The first-order valence-electron chi connectivity index (χ1n) is 17.3. The molecular weight excluding hydrogens is 605 g/mol. The van der Waals surface area contributed by atoms with Crippen LogP contribution in [-0.2, 0) is 5.41 Å². The fraction of sp³-hybridized carbons (Fsp3) is 0.0204. The molecule has 0 atom stereocenters. The first-order chi connectivity index (χ1) is 24.8. The number of hydrogen-bond donors (Lipinski definition) is 0. The molecule has 1 spiro atoms. The lowest BCUT2D eigenvalue weighted by molar-refractivity contribution is 0.488. The van der Waals surface area contributed by atoms with Crippen LogP contribution < -0.4 is 4.74 Å². The van der Waals surface area contributed by atoms with Crippen LogP contribution in [-0.4, -0.2) is 0 Å². The van der Waals surface area contributed by atoms with Crippen LogP contribution in [0, 0.1) is 0 Å². The van der Waals surface area contributed by atoms with Gasteiger partial charge < -0.3 is 4.74 Å². The maximum atomic E-state index is 6.74. The van der Waals surface area contributed by atoms with Crippen LogP contribution in [0.5, 0.6) is 11.5 Å². The van der Waals surface area contributed by atoms with Crippen LogP contribution in [0.15, 0.2) is 182 Å². The van der Waals surface area contributed by atoms with E-state index in [0.29, 0.717) is 0 Å². The average molecular weight is 635 g/mol. The quantitative estimate of drug-likeness (QED) is 0.184. The number of hydrogen-bond acceptors (Lipinski definition) is 1. The molecule has 8 aromatic rings. The van der Waals surface area contributed by atoms with Crippen LogP contribution >= 0.6 is 0 Å². The number of fused-ring (bicyclic) bond motifs is 15. The van der Waals surface area contributed by atoms with Gasteiger partial charge in [-0.05, 0) is 108 Å². The largest absolute Gasteiger partial charge is 0.456 e. The lowest BCUT2D eigenvalue weighted by Crippen LogP contribution is -2.25. The van der Waals surface area contributed by atoms with Crippen molar-refractivity contribution < 1.29 is 4.74 Å². The predicted octanol–water partition coefficient (Wildman–Crippen LogP) is 12.8. The molecule has 0 N–H and O–H groups in total. The molecule has 1 nitrogen and oxygen atoms in total. The summed E-state index contributed by atoms with van der Waals surface area (Å²) in [6.45, 7) is 0. The van der Waals surface area contributed by atoms with E-state index in [1.54, 1.807) is 0 Å². The second kappa shape index (κ2) is 10.3. The molecule has 50 heavy (non-hydrogen) atoms. The molecule has 0 saturated heterocycles. The molecule has 11 rings (SSSR count). The summed E-state index contributed by atoms with van der Waals surface area (Å²) in [5, 5.41) is 0. The summed E-state index contributed by atoms with van der Waals surface area (Å²) >= 11 is 0. The van der Waals surface area contributed by atoms with E-state index in [2.05, 4.69) is 182 Å². The van der Waals surface area contributed by atoms with Gasteiger partial charge in [-0.2, -0.15) is 0 Å². The summed E-state index contributed by atoms with van der Waals surface area (Å²) in [5.41, 5.74) is 19.7. The Bertz CT molecular complexity index is 2620. The van der Waals surface area contributed by atoms with Crippen molar-refractivity contribution in [3.8, 4) is 78.3 Å². The third kappa shape index (κ3) is 3.67. The van der Waals surface area contributed by atoms with Gasteiger partial charge in [-0.1, -0.05) is 152 Å². The molecule has 0 saturated carbocycles. The highest BCUT2D eigenvalue weighted by Gasteiger charge is 2.51. The molecule has 0 bridgehead atoms. The second-order valence-corrected chi connectivity index (χ2v) is 13.6. The number of rotatable bonds is 2. The first-order valence-corrected chi connectivity index (χ1v) is 17.3. The Morgan fingerprint density at radius 3 is 1.20 bits per heavy atom. The van der Waals surface area contributed by atoms with Gasteiger partial charge in [-0.3, -0.25) is 0 Å². The predicted molar refractivity (Wildman–Crippen MR) is 205 cm³/mol. The monoisotopic (exact) mass is 634 g/mol. The van der Waals surface area contributed by atoms with Crippen LogP contribution in [0.1, 0.15) is 22.3 Å². The lowest BCUT2D eigenvalue weighted by atomic mass is 9.70. The van der Waals surface area contributed by atoms with Gasteiger partial charge >= 0.3 is 0 Å². The van der Waals surface area contributed by atoms with Crippen LogP contribution in [0.25, 0.3) is 66.8 Å². The molecule has 0 aromatic heterocycles. The van der Waals surface area contributed by atoms with Crippen LogP contribution in [0.4, 0.5) is 0 Å². The molecule has 0 amide bonds. The summed E-state index contributed by atoms with van der Waals surface area (Å²) in [5.74, 6) is 1.75. The Hall–Kier alpha value is -6.44. The van der Waals surface area contributed by atoms with Crippen LogP contribution in [0.2, 0.25) is 0 Å². The highest BCUT2D eigenvalue weighted by atomic mass is 16.5. The summed E-state index contributed by atoms with van der Waals surface area (Å²) in [6, 6.07) is 66.6. The molecule has 2 aliphatic carbocycles. The van der Waals surface area contributed by atoms with Gasteiger partial charge in [0.05, 0.1) is 5.41 Å². The van der Waals surface area contributed by atoms with Gasteiger partial charge in [0.1, 0.15) is 11.5 Å². The van der Waals surface area contributed by atoms with E-state index in [1.165, 1.54) is 77.9 Å². The number of benzene rings is 8. The van der Waals surface area contributed by atoms with E-state index in [4.69, 9.17) is 4.74 Å². The number of ether oxygens (including phenoxy) is 1. The summed E-state index contributed by atoms with van der Waals surface area (Å²) in [7, 11) is 0. The maximum Gasteiger partial charge on any atom is 0.135 e. The fourth-order valence-corrected chi connectivity index (χ4v) is 8.99. The van der Waals surface area contributed by atoms with Gasteiger partial charge in [0.2, 0.25) is 0 Å². The van der Waals surface area contributed by atoms with Crippen molar-refractivity contribution in [2.75, 3.05) is 0 Å². The van der Waals surface area contributed by atoms with E-state index in [9.17, 15) is 0 Å². The van der Waals surface area contributed by atoms with Crippen molar-refractivity contribution in [3.63, 3.8) is 0 Å². The summed E-state index contributed by atoms with van der Waals surface area (Å²) in [4.78, 5) is 0. The highest BCUT2D eigenvalue weighted by molar-refractivity contribution is 5.97. The Morgan fingerprint density at radius 1 is 0.260 bits per heavy atom. The Balaban J connectivity index is 1.10. The minimum atomic E-state index is -0.366. The Labute approximate surface area is 291 Å². The smallest absolute Gasteiger partial charge is 0.135 e. The molecule has 3 aliphatic rings. The zero-order chi connectivity index (χ0) is 32.8. The van der Waals surface area contributed by atoms with Crippen molar-refractivity contribution in [1.82, 2.24) is 0 Å². The van der Waals surface area contributed by atoms with Gasteiger partial charge in [-0.15, -0.1) is 0 Å². The van der Waals surface area contributed by atoms with E-state index in [0.717, 1.165) is 22.6 Å². The molecule has 8 aromatic carbocycles. The van der Waals surface area contributed by atoms with E-state index < -0.39 is 0 Å².